The molecule has 0 radical (unpaired) electrons. The van der Waals surface area contributed by atoms with Gasteiger partial charge < -0.3 is 14.5 Å². The Labute approximate surface area is 169 Å². The number of ether oxygens (including phenoxy) is 1. The topological polar surface area (TPSA) is 38.3 Å². The van der Waals surface area contributed by atoms with Gasteiger partial charge in [-0.05, 0) is 62.8 Å². The van der Waals surface area contributed by atoms with Crippen molar-refractivity contribution >= 4 is 11.6 Å². The third-order valence-electron chi connectivity index (χ3n) is 5.86. The van der Waals surface area contributed by atoms with E-state index in [1.54, 1.807) is 7.11 Å². The lowest BCUT2D eigenvalue weighted by Crippen LogP contribution is -2.52. The fourth-order valence-electron chi connectivity index (χ4n) is 4.43. The van der Waals surface area contributed by atoms with E-state index in [0.717, 1.165) is 46.7 Å². The molecule has 150 valence electrons. The van der Waals surface area contributed by atoms with Crippen LogP contribution in [0.4, 0.5) is 5.69 Å². The number of carbonyl (C=O) groups is 1. The summed E-state index contributed by atoms with van der Waals surface area (Å²) in [7, 11) is 1.67. The molecule has 1 amide bonds. The summed E-state index contributed by atoms with van der Waals surface area (Å²) in [4.78, 5) is 13.1. The number of aryl methyl sites for hydroxylation is 2. The van der Waals surface area contributed by atoms with Gasteiger partial charge in [-0.1, -0.05) is 30.3 Å². The lowest BCUT2D eigenvalue weighted by atomic mass is 10.1. The maximum Gasteiger partial charge on any atom is 0.279 e. The number of quaternary nitrogens is 1. The van der Waals surface area contributed by atoms with E-state index in [1.807, 2.05) is 26.0 Å². The normalized spacial score (nSPS) is 16.2. The van der Waals surface area contributed by atoms with Gasteiger partial charge in [0.05, 0.1) is 20.2 Å². The maximum atomic E-state index is 13.1. The van der Waals surface area contributed by atoms with Gasteiger partial charge in [0.1, 0.15) is 12.3 Å². The summed E-state index contributed by atoms with van der Waals surface area (Å²) in [5.41, 5.74) is 4.30. The number of methoxy groups -OCH3 is 1. The average Bonchev–Trinajstić information content (AvgIpc) is 2.90. The van der Waals surface area contributed by atoms with E-state index in [1.165, 1.54) is 31.2 Å². The van der Waals surface area contributed by atoms with Crippen LogP contribution in [-0.4, -0.2) is 37.1 Å². The third-order valence-corrected chi connectivity index (χ3v) is 5.86. The summed E-state index contributed by atoms with van der Waals surface area (Å²) in [6, 6.07) is 14.5. The molecule has 4 nitrogen and oxygen atoms in total. The van der Waals surface area contributed by atoms with Crippen molar-refractivity contribution in [2.75, 3.05) is 32.1 Å². The number of rotatable bonds is 6. The summed E-state index contributed by atoms with van der Waals surface area (Å²) in [6.45, 7) is 7.64. The molecule has 3 rings (SSSR count). The number of hydrogen-bond donors (Lipinski definition) is 1. The molecule has 1 aliphatic heterocycles. The number of hydrogen-bond acceptors (Lipinski definition) is 2. The molecular formula is C24H33N2O2+. The van der Waals surface area contributed by atoms with Crippen LogP contribution in [0, 0.1) is 13.8 Å². The number of likely N-dealkylation sites (tertiary alicyclic amines) is 1. The van der Waals surface area contributed by atoms with E-state index in [2.05, 4.69) is 35.6 Å². The van der Waals surface area contributed by atoms with Crippen molar-refractivity contribution in [3.63, 3.8) is 0 Å². The number of amides is 1. The zero-order valence-electron chi connectivity index (χ0n) is 17.5. The van der Waals surface area contributed by atoms with Crippen LogP contribution in [0.3, 0.4) is 0 Å². The van der Waals surface area contributed by atoms with Crippen molar-refractivity contribution < 1.29 is 14.0 Å². The molecule has 4 heteroatoms. The number of benzene rings is 2. The second-order valence-corrected chi connectivity index (χ2v) is 8.19. The van der Waals surface area contributed by atoms with E-state index >= 15 is 0 Å². The molecule has 0 bridgehead atoms. The predicted molar refractivity (Wildman–Crippen MR) is 115 cm³/mol. The van der Waals surface area contributed by atoms with Crippen molar-refractivity contribution in [3.05, 3.63) is 59.2 Å². The minimum absolute atomic E-state index is 0.106. The highest BCUT2D eigenvalue weighted by atomic mass is 16.5. The highest BCUT2D eigenvalue weighted by Crippen LogP contribution is 2.27. The minimum atomic E-state index is 0.106. The van der Waals surface area contributed by atoms with E-state index in [0.29, 0.717) is 6.54 Å². The molecule has 0 aromatic heterocycles. The second kappa shape index (κ2) is 9.24. The van der Waals surface area contributed by atoms with Crippen LogP contribution in [0.1, 0.15) is 42.4 Å². The lowest BCUT2D eigenvalue weighted by molar-refractivity contribution is -0.932. The molecule has 28 heavy (non-hydrogen) atoms. The van der Waals surface area contributed by atoms with E-state index in [-0.39, 0.29) is 5.91 Å². The smallest absolute Gasteiger partial charge is 0.279 e. The van der Waals surface area contributed by atoms with Gasteiger partial charge >= 0.3 is 0 Å². The van der Waals surface area contributed by atoms with Crippen LogP contribution in [0.2, 0.25) is 0 Å². The Balaban J connectivity index is 1.78. The van der Waals surface area contributed by atoms with Gasteiger partial charge in [0.15, 0.2) is 6.54 Å². The van der Waals surface area contributed by atoms with Gasteiger partial charge in [-0.25, -0.2) is 0 Å². The fourth-order valence-corrected chi connectivity index (χ4v) is 4.43. The first-order chi connectivity index (χ1) is 13.5. The third kappa shape index (κ3) is 5.14. The zero-order valence-corrected chi connectivity index (χ0v) is 17.5. The first-order valence-corrected chi connectivity index (χ1v) is 10.4. The minimum Gasteiger partial charge on any atom is -0.497 e. The highest BCUT2D eigenvalue weighted by molar-refractivity contribution is 5.93. The molecule has 1 N–H and O–H groups in total. The fraction of sp³-hybridized carbons (Fsp3) is 0.458. The van der Waals surface area contributed by atoms with E-state index in [4.69, 9.17) is 4.74 Å². The molecule has 2 aromatic carbocycles. The van der Waals surface area contributed by atoms with Gasteiger partial charge in [0.2, 0.25) is 0 Å². The molecule has 0 spiro atoms. The number of nitrogens with zero attached hydrogens (tertiary/aromatic N) is 1. The second-order valence-electron chi connectivity index (χ2n) is 8.19. The summed E-state index contributed by atoms with van der Waals surface area (Å²) >= 11 is 0. The Hall–Kier alpha value is -2.33. The van der Waals surface area contributed by atoms with E-state index < -0.39 is 0 Å². The van der Waals surface area contributed by atoms with Crippen LogP contribution in [0.5, 0.6) is 5.75 Å². The Kier molecular flexibility index (Phi) is 6.74. The monoisotopic (exact) mass is 381 g/mol. The molecule has 1 aliphatic rings. The van der Waals surface area contributed by atoms with Crippen molar-refractivity contribution in [1.29, 1.82) is 0 Å². The summed E-state index contributed by atoms with van der Waals surface area (Å²) in [5, 5.41) is 3.20. The summed E-state index contributed by atoms with van der Waals surface area (Å²) < 4.78 is 6.19. The maximum absolute atomic E-state index is 13.1. The highest BCUT2D eigenvalue weighted by Gasteiger charge is 2.32. The van der Waals surface area contributed by atoms with Crippen LogP contribution >= 0.6 is 0 Å². The predicted octanol–water partition coefficient (Wildman–Crippen LogP) is 4.84. The summed E-state index contributed by atoms with van der Waals surface area (Å²) in [6.07, 6.45) is 4.93. The van der Waals surface area contributed by atoms with Gasteiger partial charge in [-0.2, -0.15) is 0 Å². The molecule has 1 fully saturated rings. The van der Waals surface area contributed by atoms with Gasteiger partial charge in [-0.3, -0.25) is 4.79 Å². The largest absolute Gasteiger partial charge is 0.497 e. The first-order valence-electron chi connectivity index (χ1n) is 10.4. The number of carbonyl (C=O) groups excluding carboxylic acids is 1. The van der Waals surface area contributed by atoms with Crippen LogP contribution in [0.15, 0.2) is 42.5 Å². The Morgan fingerprint density at radius 2 is 1.61 bits per heavy atom. The standard InChI is InChI=1S/C24H32N2O2/c1-19-15-22(28-3)16-20(2)24(19)25-23(27)18-26(13-9-4-5-10-14-26)17-21-11-7-6-8-12-21/h6-8,11-12,15-16H,4-5,9-10,13-14,17-18H2,1-3H3/p+1. The zero-order chi connectivity index (χ0) is 20.0. The Morgan fingerprint density at radius 1 is 1.00 bits per heavy atom. The molecule has 0 aliphatic carbocycles. The molecule has 1 saturated heterocycles. The SMILES string of the molecule is COc1cc(C)c(NC(=O)C[N+]2(Cc3ccccc3)CCCCCC2)c(C)c1. The summed E-state index contributed by atoms with van der Waals surface area (Å²) in [5.74, 6) is 0.933. The van der Waals surface area contributed by atoms with Crippen molar-refractivity contribution in [3.8, 4) is 5.75 Å². The molecule has 0 saturated carbocycles. The Morgan fingerprint density at radius 3 is 2.18 bits per heavy atom. The quantitative estimate of drug-likeness (QED) is 0.727. The van der Waals surface area contributed by atoms with Gasteiger partial charge in [0.25, 0.3) is 5.91 Å². The Bertz CT molecular complexity index is 771. The van der Waals surface area contributed by atoms with Crippen molar-refractivity contribution in [1.82, 2.24) is 0 Å². The molecule has 0 unspecified atom stereocenters. The van der Waals surface area contributed by atoms with Crippen LogP contribution in [-0.2, 0) is 11.3 Å². The molecular weight excluding hydrogens is 348 g/mol. The lowest BCUT2D eigenvalue weighted by Gasteiger charge is -2.37. The number of anilines is 1. The van der Waals surface area contributed by atoms with Crippen LogP contribution in [0.25, 0.3) is 0 Å². The molecule has 0 atom stereocenters. The van der Waals surface area contributed by atoms with Crippen molar-refractivity contribution in [2.45, 2.75) is 46.1 Å². The number of nitrogens with one attached hydrogen (secondary N) is 1. The van der Waals surface area contributed by atoms with Gasteiger partial charge in [0, 0.05) is 11.3 Å². The van der Waals surface area contributed by atoms with E-state index in [9.17, 15) is 4.79 Å². The average molecular weight is 382 g/mol. The molecule has 1 heterocycles. The van der Waals surface area contributed by atoms with Crippen LogP contribution < -0.4 is 10.1 Å². The first kappa shape index (κ1) is 20.4. The van der Waals surface area contributed by atoms with Crippen molar-refractivity contribution in [2.24, 2.45) is 0 Å². The molecule has 2 aromatic rings. The van der Waals surface area contributed by atoms with Gasteiger partial charge in [-0.15, -0.1) is 0 Å².